The summed E-state index contributed by atoms with van der Waals surface area (Å²) in [5.41, 5.74) is 4.58. The van der Waals surface area contributed by atoms with E-state index in [1.807, 2.05) is 65.1 Å². The lowest BCUT2D eigenvalue weighted by Crippen LogP contribution is -2.35. The summed E-state index contributed by atoms with van der Waals surface area (Å²) in [7, 11) is 3.45. The molecule has 7 nitrogen and oxygen atoms in total. The summed E-state index contributed by atoms with van der Waals surface area (Å²) in [6.07, 6.45) is 0. The third-order valence-electron chi connectivity index (χ3n) is 4.87. The third-order valence-corrected chi connectivity index (χ3v) is 4.87. The molecule has 1 N–H and O–H groups in total. The Balaban J connectivity index is 1.86. The average molecular weight is 393 g/mol. The number of hydrogen-bond acceptors (Lipinski definition) is 4. The van der Waals surface area contributed by atoms with Gasteiger partial charge >= 0.3 is 0 Å². The van der Waals surface area contributed by atoms with Gasteiger partial charge in [-0.1, -0.05) is 31.5 Å². The smallest absolute Gasteiger partial charge is 0.254 e. The standard InChI is InChI=1S/C22H27N5O2/c1-13(2)18-11-17(20-15(4)25-27(6)21(20)24-18)22(29)26(5)12-19(28)23-16-9-7-14(3)8-10-16/h7-11,13H,12H2,1-6H3,(H,23,28). The summed E-state index contributed by atoms with van der Waals surface area (Å²) in [5.74, 6) is -0.312. The van der Waals surface area contributed by atoms with Crippen LogP contribution < -0.4 is 5.32 Å². The zero-order valence-corrected chi connectivity index (χ0v) is 17.8. The number of amides is 2. The van der Waals surface area contributed by atoms with Crippen molar-refractivity contribution >= 4 is 28.5 Å². The topological polar surface area (TPSA) is 80.1 Å². The summed E-state index contributed by atoms with van der Waals surface area (Å²) < 4.78 is 1.69. The molecule has 0 fully saturated rings. The van der Waals surface area contributed by atoms with Gasteiger partial charge in [0.1, 0.15) is 0 Å². The highest BCUT2D eigenvalue weighted by Gasteiger charge is 2.23. The second-order valence-corrected chi connectivity index (χ2v) is 7.73. The summed E-state index contributed by atoms with van der Waals surface area (Å²) in [6.45, 7) is 7.86. The van der Waals surface area contributed by atoms with E-state index < -0.39 is 0 Å². The summed E-state index contributed by atoms with van der Waals surface area (Å²) in [6, 6.07) is 9.36. The predicted molar refractivity (Wildman–Crippen MR) is 114 cm³/mol. The monoisotopic (exact) mass is 393 g/mol. The molecule has 0 aliphatic rings. The van der Waals surface area contributed by atoms with Crippen molar-refractivity contribution in [1.29, 1.82) is 0 Å². The Hall–Kier alpha value is -3.22. The van der Waals surface area contributed by atoms with Crippen molar-refractivity contribution in [3.05, 3.63) is 52.8 Å². The highest BCUT2D eigenvalue weighted by molar-refractivity contribution is 6.08. The molecular weight excluding hydrogens is 366 g/mol. The van der Waals surface area contributed by atoms with Crippen LogP contribution in [0.4, 0.5) is 5.69 Å². The summed E-state index contributed by atoms with van der Waals surface area (Å²) in [5, 5.41) is 7.98. The van der Waals surface area contributed by atoms with Gasteiger partial charge in [0.05, 0.1) is 23.2 Å². The van der Waals surface area contributed by atoms with Crippen molar-refractivity contribution in [2.75, 3.05) is 18.9 Å². The van der Waals surface area contributed by atoms with Crippen molar-refractivity contribution in [3.63, 3.8) is 0 Å². The summed E-state index contributed by atoms with van der Waals surface area (Å²) >= 11 is 0. The van der Waals surface area contributed by atoms with Gasteiger partial charge in [0, 0.05) is 25.5 Å². The van der Waals surface area contributed by atoms with Gasteiger partial charge in [-0.15, -0.1) is 0 Å². The SMILES string of the molecule is Cc1ccc(NC(=O)CN(C)C(=O)c2cc(C(C)C)nc3c2c(C)nn3C)cc1. The van der Waals surface area contributed by atoms with E-state index in [2.05, 4.69) is 15.4 Å². The van der Waals surface area contributed by atoms with E-state index in [-0.39, 0.29) is 24.3 Å². The number of likely N-dealkylation sites (N-methyl/N-ethyl adjacent to an activating group) is 1. The first-order valence-electron chi connectivity index (χ1n) is 9.63. The minimum atomic E-state index is -0.248. The number of pyridine rings is 1. The van der Waals surface area contributed by atoms with E-state index in [0.717, 1.165) is 22.3 Å². The highest BCUT2D eigenvalue weighted by Crippen LogP contribution is 2.25. The van der Waals surface area contributed by atoms with Gasteiger partial charge in [-0.05, 0) is 38.0 Å². The van der Waals surface area contributed by atoms with E-state index in [9.17, 15) is 9.59 Å². The van der Waals surface area contributed by atoms with Gasteiger partial charge in [-0.3, -0.25) is 14.3 Å². The Bertz CT molecular complexity index is 1070. The van der Waals surface area contributed by atoms with Crippen molar-refractivity contribution in [2.24, 2.45) is 7.05 Å². The number of fused-ring (bicyclic) bond motifs is 1. The lowest BCUT2D eigenvalue weighted by molar-refractivity contribution is -0.116. The van der Waals surface area contributed by atoms with Gasteiger partial charge in [-0.2, -0.15) is 5.10 Å². The molecule has 7 heteroatoms. The highest BCUT2D eigenvalue weighted by atomic mass is 16.2. The van der Waals surface area contributed by atoms with E-state index in [1.165, 1.54) is 4.90 Å². The maximum Gasteiger partial charge on any atom is 0.254 e. The molecule has 29 heavy (non-hydrogen) atoms. The number of carbonyl (C=O) groups is 2. The Morgan fingerprint density at radius 1 is 1.17 bits per heavy atom. The number of aryl methyl sites for hydroxylation is 3. The number of nitrogens with one attached hydrogen (secondary N) is 1. The Morgan fingerprint density at radius 2 is 1.83 bits per heavy atom. The molecule has 0 unspecified atom stereocenters. The molecule has 0 bridgehead atoms. The molecule has 0 aliphatic carbocycles. The zero-order valence-electron chi connectivity index (χ0n) is 17.8. The van der Waals surface area contributed by atoms with Crippen LogP contribution in [0.2, 0.25) is 0 Å². The van der Waals surface area contributed by atoms with Crippen LogP contribution in [0.1, 0.15) is 47.1 Å². The number of carbonyl (C=O) groups excluding carboxylic acids is 2. The number of rotatable bonds is 5. The van der Waals surface area contributed by atoms with Crippen molar-refractivity contribution in [2.45, 2.75) is 33.6 Å². The number of hydrogen-bond donors (Lipinski definition) is 1. The van der Waals surface area contributed by atoms with Crippen LogP contribution in [0.15, 0.2) is 30.3 Å². The predicted octanol–water partition coefficient (Wildman–Crippen LogP) is 3.42. The zero-order chi connectivity index (χ0) is 21.3. The van der Waals surface area contributed by atoms with E-state index in [1.54, 1.807) is 11.7 Å². The number of benzene rings is 1. The molecule has 0 radical (unpaired) electrons. The Morgan fingerprint density at radius 3 is 2.45 bits per heavy atom. The second kappa shape index (κ2) is 8.03. The first-order valence-corrected chi connectivity index (χ1v) is 9.63. The molecule has 2 amide bonds. The minimum Gasteiger partial charge on any atom is -0.332 e. The van der Waals surface area contributed by atoms with E-state index in [4.69, 9.17) is 0 Å². The molecule has 152 valence electrons. The molecule has 2 heterocycles. The average Bonchev–Trinajstić information content (AvgIpc) is 2.96. The largest absolute Gasteiger partial charge is 0.332 e. The summed E-state index contributed by atoms with van der Waals surface area (Å²) in [4.78, 5) is 31.7. The fourth-order valence-electron chi connectivity index (χ4n) is 3.26. The molecule has 3 aromatic rings. The first-order chi connectivity index (χ1) is 13.7. The van der Waals surface area contributed by atoms with Crippen LogP contribution >= 0.6 is 0 Å². The minimum absolute atomic E-state index is 0.0488. The lowest BCUT2D eigenvalue weighted by atomic mass is 10.0. The maximum absolute atomic E-state index is 13.2. The Labute approximate surface area is 170 Å². The molecule has 0 saturated carbocycles. The van der Waals surface area contributed by atoms with Crippen molar-refractivity contribution < 1.29 is 9.59 Å². The van der Waals surface area contributed by atoms with Crippen LogP contribution in [0.5, 0.6) is 0 Å². The molecule has 0 saturated heterocycles. The third kappa shape index (κ3) is 4.29. The normalized spacial score (nSPS) is 11.1. The van der Waals surface area contributed by atoms with Gasteiger partial charge in [0.2, 0.25) is 5.91 Å². The molecule has 2 aromatic heterocycles. The van der Waals surface area contributed by atoms with Crippen LogP contribution in [0, 0.1) is 13.8 Å². The molecule has 3 rings (SSSR count). The van der Waals surface area contributed by atoms with Crippen LogP contribution in [-0.2, 0) is 11.8 Å². The second-order valence-electron chi connectivity index (χ2n) is 7.73. The van der Waals surface area contributed by atoms with Gasteiger partial charge in [0.25, 0.3) is 5.91 Å². The fourth-order valence-corrected chi connectivity index (χ4v) is 3.26. The molecule has 0 atom stereocenters. The van der Waals surface area contributed by atoms with E-state index in [0.29, 0.717) is 16.9 Å². The van der Waals surface area contributed by atoms with Gasteiger partial charge in [-0.25, -0.2) is 4.98 Å². The lowest BCUT2D eigenvalue weighted by Gasteiger charge is -2.18. The molecule has 1 aromatic carbocycles. The first kappa shape index (κ1) is 20.5. The van der Waals surface area contributed by atoms with Gasteiger partial charge < -0.3 is 10.2 Å². The fraction of sp³-hybridized carbons (Fsp3) is 0.364. The van der Waals surface area contributed by atoms with E-state index >= 15 is 0 Å². The van der Waals surface area contributed by atoms with Crippen LogP contribution in [0.3, 0.4) is 0 Å². The molecule has 0 spiro atoms. The quantitative estimate of drug-likeness (QED) is 0.720. The Kier molecular flexibility index (Phi) is 5.68. The van der Waals surface area contributed by atoms with Crippen molar-refractivity contribution in [1.82, 2.24) is 19.7 Å². The number of aromatic nitrogens is 3. The van der Waals surface area contributed by atoms with Crippen LogP contribution in [0.25, 0.3) is 11.0 Å². The molecule has 0 aliphatic heterocycles. The number of nitrogens with zero attached hydrogens (tertiary/aromatic N) is 4. The number of anilines is 1. The molecular formula is C22H27N5O2. The van der Waals surface area contributed by atoms with Crippen molar-refractivity contribution in [3.8, 4) is 0 Å². The van der Waals surface area contributed by atoms with Crippen LogP contribution in [-0.4, -0.2) is 45.1 Å². The van der Waals surface area contributed by atoms with Gasteiger partial charge in [0.15, 0.2) is 5.65 Å². The maximum atomic E-state index is 13.2.